The molecule has 0 aliphatic heterocycles. The van der Waals surface area contributed by atoms with E-state index in [4.69, 9.17) is 21.8 Å². The van der Waals surface area contributed by atoms with Crippen molar-refractivity contribution in [2.45, 2.75) is 19.4 Å². The number of rotatable bonds is 4. The van der Waals surface area contributed by atoms with Crippen molar-refractivity contribution in [2.75, 3.05) is 12.5 Å². The molecule has 0 saturated heterocycles. The van der Waals surface area contributed by atoms with E-state index in [-0.39, 0.29) is 12.5 Å². The maximum Gasteiger partial charge on any atom is 0.0599 e. The average molecular weight is 153 g/mol. The molecule has 0 heterocycles. The van der Waals surface area contributed by atoms with E-state index >= 15 is 0 Å². The van der Waals surface area contributed by atoms with E-state index in [1.807, 2.05) is 6.92 Å². The highest BCUT2D eigenvalue weighted by atomic mass is 35.5. The zero-order valence-electron chi connectivity index (χ0n) is 5.55. The minimum Gasteiger partial charge on any atom is -0.396 e. The highest BCUT2D eigenvalue weighted by Gasteiger charge is 2.14. The third kappa shape index (κ3) is 3.04. The van der Waals surface area contributed by atoms with Crippen molar-refractivity contribution >= 4 is 11.6 Å². The fourth-order valence-corrected chi connectivity index (χ4v) is 0.910. The van der Waals surface area contributed by atoms with Crippen molar-refractivity contribution in [2.24, 2.45) is 5.92 Å². The quantitative estimate of drug-likeness (QED) is 0.580. The molecule has 2 atom stereocenters. The van der Waals surface area contributed by atoms with Gasteiger partial charge in [-0.25, -0.2) is 0 Å². The van der Waals surface area contributed by atoms with E-state index in [0.29, 0.717) is 12.3 Å². The molecule has 0 rings (SSSR count). The van der Waals surface area contributed by atoms with Gasteiger partial charge in [0.15, 0.2) is 0 Å². The largest absolute Gasteiger partial charge is 0.396 e. The predicted molar refractivity (Wildman–Crippen MR) is 37.6 cm³/mol. The first kappa shape index (κ1) is 9.21. The maximum absolute atomic E-state index is 9.07. The summed E-state index contributed by atoms with van der Waals surface area (Å²) in [6.45, 7) is 1.83. The van der Waals surface area contributed by atoms with Crippen LogP contribution < -0.4 is 0 Å². The van der Waals surface area contributed by atoms with Gasteiger partial charge in [-0.05, 0) is 6.42 Å². The van der Waals surface area contributed by atoms with Crippen LogP contribution in [0.1, 0.15) is 13.3 Å². The summed E-state index contributed by atoms with van der Waals surface area (Å²) < 4.78 is 0. The summed E-state index contributed by atoms with van der Waals surface area (Å²) in [6, 6.07) is 0. The maximum atomic E-state index is 9.07. The number of hydrogen-bond donors (Lipinski definition) is 2. The number of alkyl halides is 1. The molecule has 0 aromatic rings. The Bertz CT molecular complexity index is 64.1. The standard InChI is InChI=1S/C6H13ClO2/c1-2-6(9)5(3-7)4-8/h5-6,8-9H,2-4H2,1H3. The molecule has 0 aliphatic carbocycles. The lowest BCUT2D eigenvalue weighted by Crippen LogP contribution is -2.24. The second kappa shape index (κ2) is 5.03. The summed E-state index contributed by atoms with van der Waals surface area (Å²) in [6.07, 6.45) is 0.199. The van der Waals surface area contributed by atoms with Crippen LogP contribution in [0.2, 0.25) is 0 Å². The van der Waals surface area contributed by atoms with E-state index < -0.39 is 6.10 Å². The minimum atomic E-state index is -0.451. The fraction of sp³-hybridized carbons (Fsp3) is 1.00. The van der Waals surface area contributed by atoms with Crippen LogP contribution >= 0.6 is 11.6 Å². The molecule has 0 aromatic heterocycles. The summed E-state index contributed by atoms with van der Waals surface area (Å²) in [7, 11) is 0. The Hall–Kier alpha value is 0.210. The second-order valence-corrected chi connectivity index (χ2v) is 2.38. The Morgan fingerprint density at radius 2 is 2.11 bits per heavy atom. The SMILES string of the molecule is CCC(O)C(CO)CCl. The van der Waals surface area contributed by atoms with E-state index in [0.717, 1.165) is 0 Å². The fourth-order valence-electron chi connectivity index (χ4n) is 0.607. The summed E-state index contributed by atoms with van der Waals surface area (Å²) in [5.41, 5.74) is 0. The molecule has 2 N–H and O–H groups in total. The van der Waals surface area contributed by atoms with E-state index in [2.05, 4.69) is 0 Å². The van der Waals surface area contributed by atoms with Crippen LogP contribution in [-0.4, -0.2) is 28.8 Å². The number of halogens is 1. The normalized spacial score (nSPS) is 17.3. The van der Waals surface area contributed by atoms with Crippen LogP contribution in [0.15, 0.2) is 0 Å². The Balaban J connectivity index is 3.50. The molecule has 9 heavy (non-hydrogen) atoms. The van der Waals surface area contributed by atoms with Crippen LogP contribution in [0.25, 0.3) is 0 Å². The summed E-state index contributed by atoms with van der Waals surface area (Å²) in [5.74, 6) is 0.169. The lowest BCUT2D eigenvalue weighted by Gasteiger charge is -2.15. The van der Waals surface area contributed by atoms with Gasteiger partial charge in [0.25, 0.3) is 0 Å². The molecule has 0 saturated carbocycles. The molecular formula is C6H13ClO2. The van der Waals surface area contributed by atoms with Gasteiger partial charge in [-0.2, -0.15) is 0 Å². The molecule has 3 heteroatoms. The lowest BCUT2D eigenvalue weighted by atomic mass is 10.0. The Kier molecular flexibility index (Phi) is 5.15. The summed E-state index contributed by atoms with van der Waals surface area (Å²) in [5, 5.41) is 17.7. The van der Waals surface area contributed by atoms with Crippen LogP contribution in [-0.2, 0) is 0 Å². The van der Waals surface area contributed by atoms with Crippen LogP contribution in [0.4, 0.5) is 0 Å². The first-order chi connectivity index (χ1) is 4.26. The molecular weight excluding hydrogens is 140 g/mol. The third-order valence-corrected chi connectivity index (χ3v) is 1.79. The molecule has 0 amide bonds. The molecule has 0 fully saturated rings. The van der Waals surface area contributed by atoms with Crippen molar-refractivity contribution in [3.05, 3.63) is 0 Å². The van der Waals surface area contributed by atoms with E-state index in [1.54, 1.807) is 0 Å². The van der Waals surface area contributed by atoms with Crippen molar-refractivity contribution in [3.63, 3.8) is 0 Å². The molecule has 0 radical (unpaired) electrons. The monoisotopic (exact) mass is 152 g/mol. The summed E-state index contributed by atoms with van der Waals surface area (Å²) in [4.78, 5) is 0. The van der Waals surface area contributed by atoms with Crippen LogP contribution in [0, 0.1) is 5.92 Å². The van der Waals surface area contributed by atoms with Crippen molar-refractivity contribution < 1.29 is 10.2 Å². The molecule has 56 valence electrons. The topological polar surface area (TPSA) is 40.5 Å². The number of aliphatic hydroxyl groups is 2. The number of hydrogen-bond acceptors (Lipinski definition) is 2. The van der Waals surface area contributed by atoms with Crippen LogP contribution in [0.5, 0.6) is 0 Å². The highest BCUT2D eigenvalue weighted by molar-refractivity contribution is 6.18. The van der Waals surface area contributed by atoms with Gasteiger partial charge in [0.05, 0.1) is 6.10 Å². The van der Waals surface area contributed by atoms with Gasteiger partial charge in [0.1, 0.15) is 0 Å². The number of aliphatic hydroxyl groups excluding tert-OH is 2. The van der Waals surface area contributed by atoms with E-state index in [9.17, 15) is 0 Å². The Labute approximate surface area is 60.5 Å². The van der Waals surface area contributed by atoms with Gasteiger partial charge in [-0.15, -0.1) is 11.6 Å². The van der Waals surface area contributed by atoms with Crippen molar-refractivity contribution in [1.29, 1.82) is 0 Å². The van der Waals surface area contributed by atoms with Crippen LogP contribution in [0.3, 0.4) is 0 Å². The molecule has 2 nitrogen and oxygen atoms in total. The Morgan fingerprint density at radius 1 is 1.56 bits per heavy atom. The average Bonchev–Trinajstić information content (AvgIpc) is 1.90. The zero-order valence-corrected chi connectivity index (χ0v) is 6.30. The molecule has 0 aromatic carbocycles. The van der Waals surface area contributed by atoms with Gasteiger partial charge >= 0.3 is 0 Å². The van der Waals surface area contributed by atoms with Crippen molar-refractivity contribution in [3.8, 4) is 0 Å². The molecule has 0 aliphatic rings. The highest BCUT2D eigenvalue weighted by Crippen LogP contribution is 2.07. The molecule has 2 unspecified atom stereocenters. The predicted octanol–water partition coefficient (Wildman–Crippen LogP) is 0.605. The second-order valence-electron chi connectivity index (χ2n) is 2.07. The van der Waals surface area contributed by atoms with E-state index in [1.165, 1.54) is 0 Å². The van der Waals surface area contributed by atoms with Crippen molar-refractivity contribution in [1.82, 2.24) is 0 Å². The Morgan fingerprint density at radius 3 is 2.22 bits per heavy atom. The zero-order chi connectivity index (χ0) is 7.28. The third-order valence-electron chi connectivity index (χ3n) is 1.40. The van der Waals surface area contributed by atoms with Gasteiger partial charge < -0.3 is 10.2 Å². The van der Waals surface area contributed by atoms with Gasteiger partial charge in [-0.3, -0.25) is 0 Å². The summed E-state index contributed by atoms with van der Waals surface area (Å²) >= 11 is 5.42. The first-order valence-electron chi connectivity index (χ1n) is 3.11. The molecule has 0 spiro atoms. The minimum absolute atomic E-state index is 0.0293. The van der Waals surface area contributed by atoms with Gasteiger partial charge in [-0.1, -0.05) is 6.92 Å². The smallest absolute Gasteiger partial charge is 0.0599 e. The lowest BCUT2D eigenvalue weighted by molar-refractivity contribution is 0.0762. The first-order valence-corrected chi connectivity index (χ1v) is 3.64. The van der Waals surface area contributed by atoms with Gasteiger partial charge in [0, 0.05) is 18.4 Å². The van der Waals surface area contributed by atoms with Gasteiger partial charge in [0.2, 0.25) is 0 Å². The molecule has 0 bridgehead atoms.